The van der Waals surface area contributed by atoms with E-state index in [-0.39, 0.29) is 5.69 Å². The minimum atomic E-state index is -0.404. The van der Waals surface area contributed by atoms with Crippen LogP contribution in [0.4, 0.5) is 5.69 Å². The van der Waals surface area contributed by atoms with E-state index >= 15 is 0 Å². The lowest BCUT2D eigenvalue weighted by molar-refractivity contribution is -0.384. The van der Waals surface area contributed by atoms with Gasteiger partial charge >= 0.3 is 0 Å². The van der Waals surface area contributed by atoms with Crippen LogP contribution < -0.4 is 0 Å². The molecule has 0 spiro atoms. The lowest BCUT2D eigenvalue weighted by Gasteiger charge is -2.07. The Morgan fingerprint density at radius 2 is 1.88 bits per heavy atom. The van der Waals surface area contributed by atoms with E-state index in [0.717, 1.165) is 22.1 Å². The molecule has 0 N–H and O–H groups in total. The number of nitro groups is 1. The van der Waals surface area contributed by atoms with Crippen LogP contribution in [0.15, 0.2) is 66.6 Å². The summed E-state index contributed by atoms with van der Waals surface area (Å²) in [6, 6.07) is 10.3. The van der Waals surface area contributed by atoms with Crippen molar-refractivity contribution in [2.75, 3.05) is 0 Å². The van der Waals surface area contributed by atoms with Crippen LogP contribution in [0.2, 0.25) is 0 Å². The third-order valence-corrected chi connectivity index (χ3v) is 4.52. The molecular weight excluding hydrogens is 338 g/mol. The normalized spacial score (nSPS) is 10.6. The number of hydrogen-bond donors (Lipinski definition) is 0. The van der Waals surface area contributed by atoms with Crippen LogP contribution in [0.5, 0.6) is 0 Å². The molecule has 2 aromatic heterocycles. The van der Waals surface area contributed by atoms with Gasteiger partial charge in [0.25, 0.3) is 5.69 Å². The molecular formula is C17H15N5O2S. The molecule has 3 aromatic rings. The third kappa shape index (κ3) is 3.92. The van der Waals surface area contributed by atoms with E-state index in [2.05, 4.69) is 21.8 Å². The number of pyridine rings is 1. The summed E-state index contributed by atoms with van der Waals surface area (Å²) in [5.41, 5.74) is 2.00. The second-order valence-electron chi connectivity index (χ2n) is 5.15. The molecule has 25 heavy (non-hydrogen) atoms. The Morgan fingerprint density at radius 1 is 1.16 bits per heavy atom. The highest BCUT2D eigenvalue weighted by molar-refractivity contribution is 7.98. The molecule has 0 atom stereocenters. The van der Waals surface area contributed by atoms with Crippen molar-refractivity contribution in [1.82, 2.24) is 19.7 Å². The number of rotatable bonds is 7. The molecule has 8 heteroatoms. The number of non-ortho nitro benzene ring substituents is 1. The lowest BCUT2D eigenvalue weighted by atomic mass is 10.2. The Morgan fingerprint density at radius 3 is 2.52 bits per heavy atom. The van der Waals surface area contributed by atoms with Crippen molar-refractivity contribution in [2.45, 2.75) is 17.5 Å². The van der Waals surface area contributed by atoms with Crippen LogP contribution in [0.3, 0.4) is 0 Å². The Labute approximate surface area is 148 Å². The first-order valence-corrected chi connectivity index (χ1v) is 8.48. The van der Waals surface area contributed by atoms with Crippen LogP contribution >= 0.6 is 11.8 Å². The topological polar surface area (TPSA) is 86.7 Å². The summed E-state index contributed by atoms with van der Waals surface area (Å²) in [6.45, 7) is 4.38. The molecule has 1 aromatic carbocycles. The van der Waals surface area contributed by atoms with Gasteiger partial charge in [-0.25, -0.2) is 0 Å². The van der Waals surface area contributed by atoms with E-state index < -0.39 is 4.92 Å². The molecule has 0 aliphatic carbocycles. The molecule has 0 unspecified atom stereocenters. The van der Waals surface area contributed by atoms with E-state index in [1.165, 1.54) is 23.9 Å². The summed E-state index contributed by atoms with van der Waals surface area (Å²) in [4.78, 5) is 14.3. The zero-order valence-corrected chi connectivity index (χ0v) is 14.1. The number of benzene rings is 1. The minimum absolute atomic E-state index is 0.0866. The number of aromatic nitrogens is 4. The Bertz CT molecular complexity index is 878. The maximum absolute atomic E-state index is 10.7. The molecule has 0 amide bonds. The molecule has 0 aliphatic rings. The van der Waals surface area contributed by atoms with Crippen molar-refractivity contribution in [3.05, 3.63) is 77.1 Å². The Hall–Kier alpha value is -3.00. The number of allylic oxidation sites excluding steroid dienone is 1. The van der Waals surface area contributed by atoms with Crippen molar-refractivity contribution < 1.29 is 4.92 Å². The van der Waals surface area contributed by atoms with Gasteiger partial charge in [0, 0.05) is 42.4 Å². The van der Waals surface area contributed by atoms with Gasteiger partial charge in [-0.2, -0.15) is 0 Å². The first-order valence-electron chi connectivity index (χ1n) is 7.49. The molecule has 2 heterocycles. The van der Waals surface area contributed by atoms with Gasteiger partial charge < -0.3 is 0 Å². The molecule has 3 rings (SSSR count). The maximum atomic E-state index is 10.7. The van der Waals surface area contributed by atoms with Crippen LogP contribution in [0.1, 0.15) is 5.56 Å². The van der Waals surface area contributed by atoms with E-state index in [4.69, 9.17) is 0 Å². The predicted molar refractivity (Wildman–Crippen MR) is 96.1 cm³/mol. The average Bonchev–Trinajstić information content (AvgIpc) is 3.04. The van der Waals surface area contributed by atoms with E-state index in [0.29, 0.717) is 12.3 Å². The summed E-state index contributed by atoms with van der Waals surface area (Å²) in [5.74, 6) is 1.40. The van der Waals surface area contributed by atoms with Gasteiger partial charge in [0.15, 0.2) is 11.0 Å². The summed E-state index contributed by atoms with van der Waals surface area (Å²) in [7, 11) is 0. The molecule has 0 fully saturated rings. The monoisotopic (exact) mass is 353 g/mol. The molecule has 0 saturated heterocycles. The summed E-state index contributed by atoms with van der Waals surface area (Å²) < 4.78 is 1.98. The minimum Gasteiger partial charge on any atom is -0.298 e. The fourth-order valence-corrected chi connectivity index (χ4v) is 3.17. The molecule has 0 radical (unpaired) electrons. The van der Waals surface area contributed by atoms with Crippen molar-refractivity contribution in [2.24, 2.45) is 0 Å². The standard InChI is InChI=1S/C17H15N5O2S/c1-2-11-21-16(14-7-9-18-10-8-14)19-20-17(21)25-12-13-3-5-15(6-4-13)22(23)24/h2-10H,1,11-12H2. The Balaban J connectivity index is 1.79. The predicted octanol–water partition coefficient (Wildman–Crippen LogP) is 3.73. The highest BCUT2D eigenvalue weighted by Crippen LogP contribution is 2.26. The van der Waals surface area contributed by atoms with Gasteiger partial charge in [-0.05, 0) is 17.7 Å². The molecule has 7 nitrogen and oxygen atoms in total. The van der Waals surface area contributed by atoms with Gasteiger partial charge in [-0.15, -0.1) is 16.8 Å². The average molecular weight is 353 g/mol. The van der Waals surface area contributed by atoms with Crippen LogP contribution in [0, 0.1) is 10.1 Å². The van der Waals surface area contributed by atoms with Gasteiger partial charge in [0.1, 0.15) is 0 Å². The van der Waals surface area contributed by atoms with Gasteiger partial charge in [-0.1, -0.05) is 30.0 Å². The number of thioether (sulfide) groups is 1. The quantitative estimate of drug-likeness (QED) is 0.278. The SMILES string of the molecule is C=CCn1c(SCc2ccc([N+](=O)[O-])cc2)nnc1-c1ccncc1. The number of hydrogen-bond acceptors (Lipinski definition) is 6. The summed E-state index contributed by atoms with van der Waals surface area (Å²) in [6.07, 6.45) is 5.22. The third-order valence-electron chi connectivity index (χ3n) is 3.48. The van der Waals surface area contributed by atoms with Gasteiger partial charge in [-0.3, -0.25) is 19.7 Å². The van der Waals surface area contributed by atoms with Crippen molar-refractivity contribution in [3.63, 3.8) is 0 Å². The Kier molecular flexibility index (Phi) is 5.20. The number of nitrogens with zero attached hydrogens (tertiary/aromatic N) is 5. The highest BCUT2D eigenvalue weighted by Gasteiger charge is 2.13. The van der Waals surface area contributed by atoms with E-state index in [9.17, 15) is 10.1 Å². The van der Waals surface area contributed by atoms with Crippen molar-refractivity contribution in [1.29, 1.82) is 0 Å². The maximum Gasteiger partial charge on any atom is 0.269 e. The smallest absolute Gasteiger partial charge is 0.269 e. The lowest BCUT2D eigenvalue weighted by Crippen LogP contribution is -2.00. The highest BCUT2D eigenvalue weighted by atomic mass is 32.2. The molecule has 0 saturated carbocycles. The summed E-state index contributed by atoms with van der Waals surface area (Å²) >= 11 is 1.53. The van der Waals surface area contributed by atoms with Crippen molar-refractivity contribution >= 4 is 17.4 Å². The summed E-state index contributed by atoms with van der Waals surface area (Å²) in [5, 5.41) is 20.0. The molecule has 0 bridgehead atoms. The zero-order chi connectivity index (χ0) is 17.6. The fourth-order valence-electron chi connectivity index (χ4n) is 2.27. The van der Waals surface area contributed by atoms with Crippen LogP contribution in [0.25, 0.3) is 11.4 Å². The van der Waals surface area contributed by atoms with E-state index in [1.54, 1.807) is 30.6 Å². The second-order valence-corrected chi connectivity index (χ2v) is 6.10. The zero-order valence-electron chi connectivity index (χ0n) is 13.3. The second kappa shape index (κ2) is 7.71. The van der Waals surface area contributed by atoms with Gasteiger partial charge in [0.2, 0.25) is 0 Å². The van der Waals surface area contributed by atoms with Crippen LogP contribution in [-0.2, 0) is 12.3 Å². The number of nitro benzene ring substituents is 1. The molecule has 0 aliphatic heterocycles. The first kappa shape index (κ1) is 16.8. The largest absolute Gasteiger partial charge is 0.298 e. The van der Waals surface area contributed by atoms with E-state index in [1.807, 2.05) is 16.7 Å². The fraction of sp³-hybridized carbons (Fsp3) is 0.118. The first-order chi connectivity index (χ1) is 12.2. The molecule has 126 valence electrons. The van der Waals surface area contributed by atoms with Crippen LogP contribution in [-0.4, -0.2) is 24.7 Å². The van der Waals surface area contributed by atoms with Crippen molar-refractivity contribution in [3.8, 4) is 11.4 Å². The van der Waals surface area contributed by atoms with Gasteiger partial charge in [0.05, 0.1) is 4.92 Å².